The molecule has 0 radical (unpaired) electrons. The van der Waals surface area contributed by atoms with Crippen LogP contribution in [0.2, 0.25) is 0 Å². The van der Waals surface area contributed by atoms with Crippen molar-refractivity contribution in [2.24, 2.45) is 0 Å². The number of amides is 1. The molecular formula is C31H28N2O6. The van der Waals surface area contributed by atoms with Crippen LogP contribution in [0.1, 0.15) is 58.9 Å². The van der Waals surface area contributed by atoms with Gasteiger partial charge in [0, 0.05) is 5.69 Å². The number of aromatic carboxylic acids is 2. The second-order valence-corrected chi connectivity index (χ2v) is 9.13. The fraction of sp³-hybridized carbons (Fsp3) is 0.129. The molecule has 4 N–H and O–H groups in total. The highest BCUT2D eigenvalue weighted by atomic mass is 16.6. The molecule has 0 saturated carbocycles. The van der Waals surface area contributed by atoms with Gasteiger partial charge in [0.25, 0.3) is 5.91 Å². The molecule has 39 heavy (non-hydrogen) atoms. The second-order valence-electron chi connectivity index (χ2n) is 9.13. The number of carboxylic acid groups (broad SMARTS) is 2. The first-order valence-electron chi connectivity index (χ1n) is 12.2. The van der Waals surface area contributed by atoms with Gasteiger partial charge in [-0.1, -0.05) is 54.6 Å². The van der Waals surface area contributed by atoms with Crippen LogP contribution in [0.3, 0.4) is 0 Å². The zero-order valence-electron chi connectivity index (χ0n) is 21.5. The molecule has 4 aromatic carbocycles. The summed E-state index contributed by atoms with van der Waals surface area (Å²) in [6.45, 7) is 3.95. The largest absolute Gasteiger partial charge is 0.478 e. The van der Waals surface area contributed by atoms with Gasteiger partial charge in [0.05, 0.1) is 22.4 Å². The third-order valence-corrected chi connectivity index (χ3v) is 6.30. The molecule has 0 spiro atoms. The van der Waals surface area contributed by atoms with Crippen LogP contribution >= 0.6 is 0 Å². The van der Waals surface area contributed by atoms with Crippen LogP contribution in [-0.4, -0.2) is 28.1 Å². The molecule has 0 heterocycles. The maximum Gasteiger partial charge on any atom is 0.336 e. The van der Waals surface area contributed by atoms with Crippen molar-refractivity contribution in [3.05, 3.63) is 129 Å². The molecule has 0 aromatic heterocycles. The van der Waals surface area contributed by atoms with Crippen LogP contribution in [0.4, 0.5) is 11.4 Å². The minimum Gasteiger partial charge on any atom is -0.478 e. The summed E-state index contributed by atoms with van der Waals surface area (Å²) in [5, 5.41) is 21.5. The summed E-state index contributed by atoms with van der Waals surface area (Å²) in [5.74, 6) is -2.63. The lowest BCUT2D eigenvalue weighted by atomic mass is 10.00. The van der Waals surface area contributed by atoms with Crippen molar-refractivity contribution < 1.29 is 29.4 Å². The maximum atomic E-state index is 12.7. The van der Waals surface area contributed by atoms with E-state index < -0.39 is 17.8 Å². The van der Waals surface area contributed by atoms with E-state index in [-0.39, 0.29) is 23.3 Å². The smallest absolute Gasteiger partial charge is 0.336 e. The number of rotatable bonds is 10. The maximum absolute atomic E-state index is 12.7. The summed E-state index contributed by atoms with van der Waals surface area (Å²) in [7, 11) is 0. The standard InChI is InChI=1S/C31H28N2O6/c1-19-15-21(11-13-27(19)32-29(34)25-9-5-6-10-26(25)31(37)38)17-22-12-14-28(20(2)16-22)33-39-18-23-7-3-4-8-24(23)30(35)36/h3-16,33H,17-18H2,1-2H3,(H,32,34)(H,35,36)(H,37,38). The molecule has 0 aliphatic heterocycles. The van der Waals surface area contributed by atoms with E-state index in [9.17, 15) is 24.6 Å². The lowest BCUT2D eigenvalue weighted by Gasteiger charge is -2.14. The van der Waals surface area contributed by atoms with Gasteiger partial charge in [0.2, 0.25) is 0 Å². The predicted molar refractivity (Wildman–Crippen MR) is 148 cm³/mol. The molecule has 8 nitrogen and oxygen atoms in total. The van der Waals surface area contributed by atoms with Crippen LogP contribution in [-0.2, 0) is 17.9 Å². The molecule has 198 valence electrons. The van der Waals surface area contributed by atoms with Crippen molar-refractivity contribution in [1.29, 1.82) is 0 Å². The third-order valence-electron chi connectivity index (χ3n) is 6.30. The molecule has 0 atom stereocenters. The SMILES string of the molecule is Cc1cc(Cc2ccc(NC(=O)c3ccccc3C(=O)O)c(C)c2)ccc1NOCc1ccccc1C(=O)O. The minimum absolute atomic E-state index is 0.0481. The summed E-state index contributed by atoms with van der Waals surface area (Å²) in [6, 6.07) is 24.5. The van der Waals surface area contributed by atoms with Gasteiger partial charge in [-0.3, -0.25) is 15.1 Å². The number of aryl methyl sites for hydroxylation is 2. The molecule has 8 heteroatoms. The summed E-state index contributed by atoms with van der Waals surface area (Å²) >= 11 is 0. The molecule has 0 fully saturated rings. The van der Waals surface area contributed by atoms with Gasteiger partial charge in [-0.2, -0.15) is 0 Å². The Balaban J connectivity index is 1.38. The zero-order chi connectivity index (χ0) is 27.9. The normalized spacial score (nSPS) is 10.6. The summed E-state index contributed by atoms with van der Waals surface area (Å²) in [6.07, 6.45) is 0.672. The molecule has 0 aliphatic carbocycles. The highest BCUT2D eigenvalue weighted by Gasteiger charge is 2.16. The molecule has 1 amide bonds. The van der Waals surface area contributed by atoms with Crippen LogP contribution < -0.4 is 10.8 Å². The van der Waals surface area contributed by atoms with Crippen molar-refractivity contribution in [2.75, 3.05) is 10.8 Å². The topological polar surface area (TPSA) is 125 Å². The molecule has 4 aromatic rings. The van der Waals surface area contributed by atoms with Gasteiger partial charge in [-0.15, -0.1) is 0 Å². The first kappa shape index (κ1) is 27.1. The zero-order valence-corrected chi connectivity index (χ0v) is 21.5. The van der Waals surface area contributed by atoms with Crippen molar-refractivity contribution in [3.63, 3.8) is 0 Å². The number of anilines is 2. The molecule has 0 aliphatic rings. The monoisotopic (exact) mass is 524 g/mol. The first-order valence-corrected chi connectivity index (χ1v) is 12.2. The molecular weight excluding hydrogens is 496 g/mol. The Morgan fingerprint density at radius 2 is 1.23 bits per heavy atom. The first-order chi connectivity index (χ1) is 18.7. The Kier molecular flexibility index (Phi) is 8.38. The minimum atomic E-state index is -1.15. The van der Waals surface area contributed by atoms with Crippen LogP contribution in [0, 0.1) is 13.8 Å². The summed E-state index contributed by atoms with van der Waals surface area (Å²) < 4.78 is 0. The van der Waals surface area contributed by atoms with E-state index in [4.69, 9.17) is 4.84 Å². The van der Waals surface area contributed by atoms with Crippen molar-refractivity contribution >= 4 is 29.2 Å². The van der Waals surface area contributed by atoms with E-state index in [1.165, 1.54) is 12.1 Å². The van der Waals surface area contributed by atoms with Crippen molar-refractivity contribution in [3.8, 4) is 0 Å². The number of nitrogens with one attached hydrogen (secondary N) is 2. The Hall–Kier alpha value is -4.95. The number of carbonyl (C=O) groups is 3. The number of hydrogen-bond donors (Lipinski definition) is 4. The lowest BCUT2D eigenvalue weighted by Crippen LogP contribution is -2.17. The van der Waals surface area contributed by atoms with E-state index >= 15 is 0 Å². The fourth-order valence-corrected chi connectivity index (χ4v) is 4.27. The Morgan fingerprint density at radius 3 is 1.82 bits per heavy atom. The number of benzene rings is 4. The van der Waals surface area contributed by atoms with Gasteiger partial charge in [0.15, 0.2) is 0 Å². The van der Waals surface area contributed by atoms with Crippen molar-refractivity contribution in [1.82, 2.24) is 0 Å². The summed E-state index contributed by atoms with van der Waals surface area (Å²) in [4.78, 5) is 41.1. The Bertz CT molecular complexity index is 1550. The predicted octanol–water partition coefficient (Wildman–Crippen LogP) is 6.09. The average molecular weight is 525 g/mol. The molecule has 0 unspecified atom stereocenters. The Morgan fingerprint density at radius 1 is 0.692 bits per heavy atom. The van der Waals surface area contributed by atoms with Gasteiger partial charge in [-0.25, -0.2) is 9.59 Å². The highest BCUT2D eigenvalue weighted by Crippen LogP contribution is 2.23. The fourth-order valence-electron chi connectivity index (χ4n) is 4.27. The van der Waals surface area contributed by atoms with Gasteiger partial charge in [-0.05, 0) is 78.4 Å². The van der Waals surface area contributed by atoms with E-state index in [0.29, 0.717) is 17.7 Å². The van der Waals surface area contributed by atoms with E-state index in [0.717, 1.165) is 27.9 Å². The highest BCUT2D eigenvalue weighted by molar-refractivity contribution is 6.10. The van der Waals surface area contributed by atoms with Crippen molar-refractivity contribution in [2.45, 2.75) is 26.9 Å². The average Bonchev–Trinajstić information content (AvgIpc) is 2.91. The number of carbonyl (C=O) groups excluding carboxylic acids is 1. The van der Waals surface area contributed by atoms with Crippen LogP contribution in [0.15, 0.2) is 84.9 Å². The van der Waals surface area contributed by atoms with Gasteiger partial charge in [0.1, 0.15) is 6.61 Å². The molecule has 4 rings (SSSR count). The van der Waals surface area contributed by atoms with Crippen LogP contribution in [0.5, 0.6) is 0 Å². The van der Waals surface area contributed by atoms with Gasteiger partial charge >= 0.3 is 11.9 Å². The third kappa shape index (κ3) is 6.68. The molecule has 0 bridgehead atoms. The van der Waals surface area contributed by atoms with E-state index in [1.54, 1.807) is 36.4 Å². The van der Waals surface area contributed by atoms with E-state index in [1.807, 2.05) is 50.2 Å². The molecule has 0 saturated heterocycles. The number of hydrogen-bond acceptors (Lipinski definition) is 5. The van der Waals surface area contributed by atoms with Crippen LogP contribution in [0.25, 0.3) is 0 Å². The van der Waals surface area contributed by atoms with E-state index in [2.05, 4.69) is 10.8 Å². The lowest BCUT2D eigenvalue weighted by molar-refractivity contribution is 0.0682. The quantitative estimate of drug-likeness (QED) is 0.185. The van der Waals surface area contributed by atoms with Gasteiger partial charge < -0.3 is 15.5 Å². The summed E-state index contributed by atoms with van der Waals surface area (Å²) in [5.41, 5.74) is 9.11. The number of carboxylic acids is 2. The Labute approximate surface area is 225 Å². The second kappa shape index (κ2) is 12.1.